The van der Waals surface area contributed by atoms with Crippen LogP contribution in [0.3, 0.4) is 0 Å². The fourth-order valence-corrected chi connectivity index (χ4v) is 5.35. The van der Waals surface area contributed by atoms with Gasteiger partial charge >= 0.3 is 0 Å². The minimum Gasteiger partial charge on any atom is -0.283 e. The van der Waals surface area contributed by atoms with Gasteiger partial charge in [0, 0.05) is 28.7 Å². The Balaban J connectivity index is 1.65. The predicted molar refractivity (Wildman–Crippen MR) is 143 cm³/mol. The molecule has 5 rings (SSSR count). The minimum absolute atomic E-state index is 0.173. The highest BCUT2D eigenvalue weighted by Gasteiger charge is 2.29. The van der Waals surface area contributed by atoms with Crippen LogP contribution in [0.25, 0.3) is 17.3 Å². The van der Waals surface area contributed by atoms with Crippen molar-refractivity contribution in [1.29, 1.82) is 0 Å². The number of piperidine rings is 1. The van der Waals surface area contributed by atoms with Gasteiger partial charge in [0.15, 0.2) is 5.69 Å². The number of hydrogen-bond acceptors (Lipinski definition) is 3. The van der Waals surface area contributed by atoms with Crippen LogP contribution in [0, 0.1) is 0 Å². The van der Waals surface area contributed by atoms with E-state index in [0.717, 1.165) is 74.0 Å². The maximum Gasteiger partial charge on any atom is 0.286 e. The topological polar surface area (TPSA) is 50.2 Å². The first kappa shape index (κ1) is 24.4. The molecular weight excluding hydrogens is 503 g/mol. The zero-order valence-corrected chi connectivity index (χ0v) is 21.6. The summed E-state index contributed by atoms with van der Waals surface area (Å²) in [6, 6.07) is 13.1. The highest BCUT2D eigenvalue weighted by atomic mass is 35.5. The van der Waals surface area contributed by atoms with Crippen LogP contribution in [-0.4, -0.2) is 33.8 Å². The maximum absolute atomic E-state index is 13.5. The van der Waals surface area contributed by atoms with Crippen LogP contribution >= 0.6 is 34.8 Å². The van der Waals surface area contributed by atoms with Gasteiger partial charge in [0.05, 0.1) is 16.4 Å². The van der Waals surface area contributed by atoms with Crippen molar-refractivity contribution in [1.82, 2.24) is 20.2 Å². The summed E-state index contributed by atoms with van der Waals surface area (Å²) >= 11 is 19.1. The molecule has 1 amide bonds. The number of nitrogens with one attached hydrogen (secondary N) is 1. The Hall–Kier alpha value is -2.31. The molecule has 0 saturated carbocycles. The monoisotopic (exact) mass is 528 g/mol. The third-order valence-corrected chi connectivity index (χ3v) is 7.40. The van der Waals surface area contributed by atoms with Gasteiger partial charge < -0.3 is 0 Å². The highest BCUT2D eigenvalue weighted by Crippen LogP contribution is 2.37. The van der Waals surface area contributed by atoms with Gasteiger partial charge in [0.2, 0.25) is 0 Å². The maximum atomic E-state index is 13.5. The van der Waals surface area contributed by atoms with Gasteiger partial charge in [-0.15, -0.1) is 0 Å². The van der Waals surface area contributed by atoms with Gasteiger partial charge in [0.25, 0.3) is 5.91 Å². The van der Waals surface area contributed by atoms with Crippen LogP contribution in [0.2, 0.25) is 15.1 Å². The Labute approximate surface area is 220 Å². The highest BCUT2D eigenvalue weighted by molar-refractivity contribution is 6.34. The molecule has 3 aromatic rings. The molecule has 0 atom stereocenters. The van der Waals surface area contributed by atoms with Gasteiger partial charge in [0.1, 0.15) is 0 Å². The van der Waals surface area contributed by atoms with Crippen LogP contribution in [0.5, 0.6) is 0 Å². The predicted octanol–water partition coefficient (Wildman–Crippen LogP) is 7.23. The molecule has 0 radical (unpaired) electrons. The number of amides is 1. The Bertz CT molecular complexity index is 1260. The third kappa shape index (κ3) is 5.44. The Kier molecular flexibility index (Phi) is 7.49. The molecule has 1 aromatic heterocycles. The summed E-state index contributed by atoms with van der Waals surface area (Å²) < 4.78 is 1.81. The number of halogens is 3. The normalized spacial score (nSPS) is 17.7. The van der Waals surface area contributed by atoms with Crippen molar-refractivity contribution in [3.05, 3.63) is 80.0 Å². The summed E-state index contributed by atoms with van der Waals surface area (Å²) in [6.07, 6.45) is 9.15. The number of carbonyl (C=O) groups is 1. The van der Waals surface area contributed by atoms with Crippen molar-refractivity contribution in [2.45, 2.75) is 44.9 Å². The van der Waals surface area contributed by atoms with Gasteiger partial charge in [-0.2, -0.15) is 5.10 Å². The van der Waals surface area contributed by atoms with Crippen molar-refractivity contribution in [3.8, 4) is 5.69 Å². The van der Waals surface area contributed by atoms with Crippen LogP contribution in [-0.2, 0) is 6.42 Å². The van der Waals surface area contributed by atoms with Crippen LogP contribution < -0.4 is 5.43 Å². The largest absolute Gasteiger partial charge is 0.286 e. The zero-order valence-electron chi connectivity index (χ0n) is 19.4. The minimum atomic E-state index is -0.173. The van der Waals surface area contributed by atoms with Crippen molar-refractivity contribution >= 4 is 52.4 Å². The second-order valence-corrected chi connectivity index (χ2v) is 10.4. The summed E-state index contributed by atoms with van der Waals surface area (Å²) in [4.78, 5) is 13.5. The van der Waals surface area contributed by atoms with Gasteiger partial charge in [-0.05, 0) is 86.1 Å². The van der Waals surface area contributed by atoms with Crippen molar-refractivity contribution in [2.24, 2.45) is 0 Å². The molecule has 2 aromatic carbocycles. The molecule has 0 unspecified atom stereocenters. The summed E-state index contributed by atoms with van der Waals surface area (Å²) in [5.41, 5.74) is 8.23. The lowest BCUT2D eigenvalue weighted by molar-refractivity contribution is 0.0743. The van der Waals surface area contributed by atoms with Gasteiger partial charge in [-0.1, -0.05) is 53.4 Å². The first-order valence-electron chi connectivity index (χ1n) is 12.1. The van der Waals surface area contributed by atoms with Crippen LogP contribution in [0.15, 0.2) is 42.5 Å². The first-order chi connectivity index (χ1) is 17.0. The van der Waals surface area contributed by atoms with E-state index >= 15 is 0 Å². The van der Waals surface area contributed by atoms with Gasteiger partial charge in [-0.3, -0.25) is 10.2 Å². The van der Waals surface area contributed by atoms with Crippen molar-refractivity contribution < 1.29 is 4.79 Å². The molecule has 8 heteroatoms. The van der Waals surface area contributed by atoms with E-state index in [2.05, 4.69) is 11.5 Å². The van der Waals surface area contributed by atoms with E-state index < -0.39 is 0 Å². The number of aromatic nitrogens is 2. The summed E-state index contributed by atoms with van der Waals surface area (Å²) in [7, 11) is 0. The summed E-state index contributed by atoms with van der Waals surface area (Å²) in [5.74, 6) is -0.173. The fourth-order valence-electron chi connectivity index (χ4n) is 4.86. The van der Waals surface area contributed by atoms with Crippen LogP contribution in [0.1, 0.15) is 65.8 Å². The lowest BCUT2D eigenvalue weighted by atomic mass is 10.0. The molecule has 2 aliphatic rings. The molecule has 0 bridgehead atoms. The van der Waals surface area contributed by atoms with Gasteiger partial charge in [-0.25, -0.2) is 9.69 Å². The Morgan fingerprint density at radius 3 is 2.37 bits per heavy atom. The number of nitrogens with zero attached hydrogens (tertiary/aromatic N) is 3. The zero-order chi connectivity index (χ0) is 24.4. The fraction of sp³-hybridized carbons (Fsp3) is 0.333. The Morgan fingerprint density at radius 1 is 0.886 bits per heavy atom. The smallest absolute Gasteiger partial charge is 0.283 e. The molecule has 1 aliphatic carbocycles. The number of hydrogen-bond donors (Lipinski definition) is 1. The van der Waals surface area contributed by atoms with Crippen molar-refractivity contribution in [3.63, 3.8) is 0 Å². The van der Waals surface area contributed by atoms with E-state index in [1.54, 1.807) is 18.2 Å². The molecular formula is C27H27Cl3N4O. The second kappa shape index (κ2) is 10.8. The molecule has 5 nitrogen and oxygen atoms in total. The molecule has 1 saturated heterocycles. The molecule has 1 N–H and O–H groups in total. The number of fused-ring (bicyclic) bond motifs is 1. The number of benzene rings is 2. The van der Waals surface area contributed by atoms with Crippen LogP contribution in [0.4, 0.5) is 0 Å². The molecule has 182 valence electrons. The second-order valence-electron chi connectivity index (χ2n) is 9.10. The lowest BCUT2D eigenvalue weighted by Crippen LogP contribution is -2.45. The number of allylic oxidation sites excluding steroid dienone is 1. The number of hydrazine groups is 1. The van der Waals surface area contributed by atoms with E-state index in [1.165, 1.54) is 6.42 Å². The van der Waals surface area contributed by atoms with E-state index in [1.807, 2.05) is 34.0 Å². The van der Waals surface area contributed by atoms with E-state index in [4.69, 9.17) is 39.9 Å². The standard InChI is InChI=1S/C27H27Cl3N4O/c28-20-10-8-18(9-11-20)16-19-6-2-3-7-22-25(27(35)32-33-14-4-1-5-15-33)31-34(26(19)22)24-17-21(29)12-13-23(24)30/h8-13,16-17H,1-7,14-15H2,(H,32,35)/b19-16+. The first-order valence-corrected chi connectivity index (χ1v) is 13.2. The average molecular weight is 530 g/mol. The van der Waals surface area contributed by atoms with E-state index in [-0.39, 0.29) is 5.91 Å². The molecule has 1 fully saturated rings. The Morgan fingerprint density at radius 2 is 1.60 bits per heavy atom. The van der Waals surface area contributed by atoms with E-state index in [0.29, 0.717) is 26.4 Å². The summed E-state index contributed by atoms with van der Waals surface area (Å²) in [5, 5.41) is 8.64. The average Bonchev–Trinajstić information content (AvgIpc) is 3.12. The molecule has 0 spiro atoms. The molecule has 1 aliphatic heterocycles. The number of rotatable bonds is 4. The number of carbonyl (C=O) groups excluding carboxylic acids is 1. The SMILES string of the molecule is O=C(NN1CCCCC1)c1nn(-c2cc(Cl)ccc2Cl)c2c1CCCC/C2=C\c1ccc(Cl)cc1. The molecule has 2 heterocycles. The van der Waals surface area contributed by atoms with E-state index in [9.17, 15) is 4.79 Å². The summed E-state index contributed by atoms with van der Waals surface area (Å²) in [6.45, 7) is 1.72. The quantitative estimate of drug-likeness (QED) is 0.363. The van der Waals surface area contributed by atoms with Crippen molar-refractivity contribution in [2.75, 3.05) is 13.1 Å². The third-order valence-electron chi connectivity index (χ3n) is 6.59. The molecule has 35 heavy (non-hydrogen) atoms. The lowest BCUT2D eigenvalue weighted by Gasteiger charge is -2.26.